The summed E-state index contributed by atoms with van der Waals surface area (Å²) >= 11 is 0. The van der Waals surface area contributed by atoms with Crippen molar-refractivity contribution >= 4 is 15.7 Å². The summed E-state index contributed by atoms with van der Waals surface area (Å²) in [6, 6.07) is 7.85. The lowest BCUT2D eigenvalue weighted by atomic mass is 10.0. The van der Waals surface area contributed by atoms with E-state index in [1.54, 1.807) is 0 Å². The van der Waals surface area contributed by atoms with Crippen molar-refractivity contribution in [3.63, 3.8) is 0 Å². The van der Waals surface area contributed by atoms with Gasteiger partial charge in [-0.15, -0.1) is 0 Å². The van der Waals surface area contributed by atoms with Gasteiger partial charge in [-0.3, -0.25) is 9.69 Å². The van der Waals surface area contributed by atoms with Crippen LogP contribution >= 0.6 is 0 Å². The van der Waals surface area contributed by atoms with E-state index in [1.807, 2.05) is 24.3 Å². The third-order valence-electron chi connectivity index (χ3n) is 8.13. The van der Waals surface area contributed by atoms with Crippen LogP contribution in [0.1, 0.15) is 76.2 Å². The number of hydrogen-bond donors (Lipinski definition) is 1. The van der Waals surface area contributed by atoms with E-state index in [1.165, 1.54) is 5.57 Å². The average molecular weight is 561 g/mol. The van der Waals surface area contributed by atoms with E-state index >= 15 is 0 Å². The minimum atomic E-state index is -3.07. The molecule has 2 unspecified atom stereocenters. The fraction of sp³-hybridized carbons (Fsp3) is 0.645. The van der Waals surface area contributed by atoms with Crippen LogP contribution in [-0.4, -0.2) is 68.7 Å². The second-order valence-electron chi connectivity index (χ2n) is 11.4. The number of sulfone groups is 1. The van der Waals surface area contributed by atoms with Crippen LogP contribution in [-0.2, 0) is 21.1 Å². The molecule has 2 atom stereocenters. The topological polar surface area (TPSA) is 75.7 Å². The minimum Gasteiger partial charge on any atom is -0.489 e. The van der Waals surface area contributed by atoms with Gasteiger partial charge in [-0.05, 0) is 74.6 Å². The zero-order valence-electron chi connectivity index (χ0n) is 23.2. The molecule has 216 valence electrons. The number of amides is 1. The number of nitrogens with zero attached hydrogens (tertiary/aromatic N) is 1. The molecule has 0 radical (unpaired) electrons. The summed E-state index contributed by atoms with van der Waals surface area (Å²) in [6.45, 7) is 2.29. The molecule has 6 nitrogen and oxygen atoms in total. The number of benzene rings is 1. The number of unbranched alkanes of at least 4 members (excludes halogenated alkanes) is 1. The lowest BCUT2D eigenvalue weighted by Crippen LogP contribution is -2.44. The summed E-state index contributed by atoms with van der Waals surface area (Å²) in [4.78, 5) is 14.9. The number of rotatable bonds is 14. The quantitative estimate of drug-likeness (QED) is 0.311. The number of nitrogens with one attached hydrogen (secondary N) is 1. The van der Waals surface area contributed by atoms with Crippen molar-refractivity contribution in [1.82, 2.24) is 10.2 Å². The largest absolute Gasteiger partial charge is 0.489 e. The Morgan fingerprint density at radius 2 is 1.90 bits per heavy atom. The van der Waals surface area contributed by atoms with E-state index in [0.717, 1.165) is 56.3 Å². The molecule has 39 heavy (non-hydrogen) atoms. The van der Waals surface area contributed by atoms with Gasteiger partial charge in [0.1, 0.15) is 18.5 Å². The van der Waals surface area contributed by atoms with Crippen LogP contribution in [0.2, 0.25) is 0 Å². The molecule has 1 heterocycles. The van der Waals surface area contributed by atoms with Gasteiger partial charge in [0.15, 0.2) is 9.84 Å². The van der Waals surface area contributed by atoms with Gasteiger partial charge in [0, 0.05) is 32.1 Å². The predicted molar refractivity (Wildman–Crippen MR) is 154 cm³/mol. The maximum atomic E-state index is 13.8. The second-order valence-corrected chi connectivity index (χ2v) is 13.8. The van der Waals surface area contributed by atoms with E-state index < -0.39 is 16.0 Å². The molecule has 0 aromatic heterocycles. The number of ether oxygens (including phenoxy) is 1. The normalized spacial score (nSPS) is 21.5. The third kappa shape index (κ3) is 10.1. The SMILES string of the molecule is O=C(CCCCS(=O)(=O)C1CCCCC1)NC(Cc1ccc(OCC2=CC=CCC2)cc1)CN1CCC(F)C1. The maximum absolute atomic E-state index is 13.8. The van der Waals surface area contributed by atoms with Crippen molar-refractivity contribution in [1.29, 1.82) is 0 Å². The first-order valence-electron chi connectivity index (χ1n) is 14.8. The van der Waals surface area contributed by atoms with Crippen molar-refractivity contribution in [3.8, 4) is 5.75 Å². The molecule has 4 rings (SSSR count). The maximum Gasteiger partial charge on any atom is 0.220 e. The summed E-state index contributed by atoms with van der Waals surface area (Å²) in [5.41, 5.74) is 2.37. The molecule has 1 aromatic carbocycles. The molecule has 1 saturated carbocycles. The van der Waals surface area contributed by atoms with Crippen LogP contribution in [0.15, 0.2) is 48.1 Å². The summed E-state index contributed by atoms with van der Waals surface area (Å²) in [5, 5.41) is 2.96. The summed E-state index contributed by atoms with van der Waals surface area (Å²) in [5.74, 6) is 0.918. The zero-order valence-corrected chi connectivity index (χ0v) is 24.0. The minimum absolute atomic E-state index is 0.0687. The number of carbonyl (C=O) groups is 1. The Kier molecular flexibility index (Phi) is 11.4. The highest BCUT2D eigenvalue weighted by Crippen LogP contribution is 2.25. The van der Waals surface area contributed by atoms with Crippen molar-refractivity contribution in [2.75, 3.05) is 32.0 Å². The van der Waals surface area contributed by atoms with Crippen LogP contribution < -0.4 is 10.1 Å². The molecular formula is C31H45FN2O4S. The Morgan fingerprint density at radius 1 is 1.10 bits per heavy atom. The van der Waals surface area contributed by atoms with Crippen LogP contribution in [0.25, 0.3) is 0 Å². The van der Waals surface area contributed by atoms with Gasteiger partial charge in [0.2, 0.25) is 5.91 Å². The van der Waals surface area contributed by atoms with Crippen molar-refractivity contribution < 1.29 is 22.3 Å². The molecule has 8 heteroatoms. The lowest BCUT2D eigenvalue weighted by Gasteiger charge is -2.25. The number of allylic oxidation sites excluding steroid dienone is 3. The lowest BCUT2D eigenvalue weighted by molar-refractivity contribution is -0.122. The van der Waals surface area contributed by atoms with Crippen molar-refractivity contribution in [2.24, 2.45) is 0 Å². The predicted octanol–water partition coefficient (Wildman–Crippen LogP) is 5.33. The molecule has 1 aromatic rings. The zero-order chi connectivity index (χ0) is 27.5. The van der Waals surface area contributed by atoms with Gasteiger partial charge in [-0.2, -0.15) is 0 Å². The molecule has 0 bridgehead atoms. The molecular weight excluding hydrogens is 515 g/mol. The number of likely N-dealkylation sites (tertiary alicyclic amines) is 1. The number of carbonyl (C=O) groups excluding carboxylic acids is 1. The van der Waals surface area contributed by atoms with E-state index in [0.29, 0.717) is 58.3 Å². The highest BCUT2D eigenvalue weighted by Gasteiger charge is 2.27. The van der Waals surface area contributed by atoms with Crippen LogP contribution in [0, 0.1) is 0 Å². The summed E-state index contributed by atoms with van der Waals surface area (Å²) in [7, 11) is -3.07. The van der Waals surface area contributed by atoms with Crippen LogP contribution in [0.3, 0.4) is 0 Å². The third-order valence-corrected chi connectivity index (χ3v) is 10.5. The van der Waals surface area contributed by atoms with E-state index in [4.69, 9.17) is 4.74 Å². The Morgan fingerprint density at radius 3 is 2.59 bits per heavy atom. The van der Waals surface area contributed by atoms with E-state index in [9.17, 15) is 17.6 Å². The average Bonchev–Trinajstić information content (AvgIpc) is 3.36. The molecule has 1 saturated heterocycles. The smallest absolute Gasteiger partial charge is 0.220 e. The standard InChI is InChI=1S/C31H45FN2O4S/c32-27-18-19-34(22-27)23-28(21-25-14-16-29(17-15-25)38-24-26-9-3-1-4-10-26)33-31(35)13-7-8-20-39(36,37)30-11-5-2-6-12-30/h1,3,9,14-17,27-28,30H,2,4-8,10-13,18-24H2,(H,33,35). The van der Waals surface area contributed by atoms with Gasteiger partial charge in [-0.25, -0.2) is 12.8 Å². The van der Waals surface area contributed by atoms with Crippen molar-refractivity contribution in [3.05, 3.63) is 53.6 Å². The highest BCUT2D eigenvalue weighted by atomic mass is 32.2. The Balaban J connectivity index is 1.25. The molecule has 1 amide bonds. The highest BCUT2D eigenvalue weighted by molar-refractivity contribution is 7.92. The number of alkyl halides is 1. The van der Waals surface area contributed by atoms with Crippen LogP contribution in [0.4, 0.5) is 4.39 Å². The van der Waals surface area contributed by atoms with E-state index in [-0.39, 0.29) is 23.0 Å². The summed E-state index contributed by atoms with van der Waals surface area (Å²) in [6.07, 6.45) is 14.9. The van der Waals surface area contributed by atoms with Gasteiger partial charge in [0.25, 0.3) is 0 Å². The first-order chi connectivity index (χ1) is 18.9. The summed E-state index contributed by atoms with van der Waals surface area (Å²) < 4.78 is 45.0. The molecule has 1 N–H and O–H groups in total. The fourth-order valence-electron chi connectivity index (χ4n) is 5.86. The molecule has 1 aliphatic heterocycles. The molecule has 2 fully saturated rings. The van der Waals surface area contributed by atoms with Gasteiger partial charge in [-0.1, -0.05) is 49.6 Å². The van der Waals surface area contributed by atoms with Crippen molar-refractivity contribution in [2.45, 2.75) is 94.5 Å². The first kappa shape index (κ1) is 29.8. The molecule has 0 spiro atoms. The number of halogens is 1. The van der Waals surface area contributed by atoms with Gasteiger partial charge in [0.05, 0.1) is 11.0 Å². The molecule has 3 aliphatic rings. The number of hydrogen-bond acceptors (Lipinski definition) is 5. The molecule has 2 aliphatic carbocycles. The Labute approximate surface area is 234 Å². The first-order valence-corrected chi connectivity index (χ1v) is 16.5. The monoisotopic (exact) mass is 560 g/mol. The fourth-order valence-corrected chi connectivity index (χ4v) is 7.85. The van der Waals surface area contributed by atoms with Gasteiger partial charge < -0.3 is 10.1 Å². The second kappa shape index (κ2) is 15.0. The van der Waals surface area contributed by atoms with Gasteiger partial charge >= 0.3 is 0 Å². The Bertz CT molecular complexity index is 1080. The van der Waals surface area contributed by atoms with Crippen LogP contribution in [0.5, 0.6) is 5.75 Å². The Hall–Kier alpha value is -2.19. The van der Waals surface area contributed by atoms with E-state index in [2.05, 4.69) is 28.4 Å².